The highest BCUT2D eigenvalue weighted by molar-refractivity contribution is 5.53. The molecule has 0 amide bonds. The average molecular weight is 327 g/mol. The molecule has 1 fully saturated rings. The van der Waals surface area contributed by atoms with Crippen LogP contribution in [0.15, 0.2) is 41.3 Å². The first-order chi connectivity index (χ1) is 11.6. The summed E-state index contributed by atoms with van der Waals surface area (Å²) >= 11 is 0. The molecule has 2 heterocycles. The lowest BCUT2D eigenvalue weighted by Crippen LogP contribution is -2.48. The molecule has 0 bridgehead atoms. The number of rotatable bonds is 5. The zero-order valence-electron chi connectivity index (χ0n) is 14.4. The molecule has 6 nitrogen and oxygen atoms in total. The third-order valence-electron chi connectivity index (χ3n) is 4.58. The molecule has 24 heavy (non-hydrogen) atoms. The van der Waals surface area contributed by atoms with Gasteiger partial charge in [0, 0.05) is 58.2 Å². The first-order valence-corrected chi connectivity index (χ1v) is 8.44. The van der Waals surface area contributed by atoms with Gasteiger partial charge in [-0.15, -0.1) is 0 Å². The zero-order chi connectivity index (χ0) is 16.9. The van der Waals surface area contributed by atoms with Crippen molar-refractivity contribution in [1.29, 1.82) is 0 Å². The molecule has 3 rings (SSSR count). The third-order valence-corrected chi connectivity index (χ3v) is 4.58. The summed E-state index contributed by atoms with van der Waals surface area (Å²) in [5.41, 5.74) is 3.21. The number of piperazine rings is 1. The van der Waals surface area contributed by atoms with E-state index in [0.29, 0.717) is 5.69 Å². The summed E-state index contributed by atoms with van der Waals surface area (Å²) in [5.74, 6) is 0. The number of benzene rings is 1. The van der Waals surface area contributed by atoms with Crippen LogP contribution in [0, 0.1) is 6.92 Å². The van der Waals surface area contributed by atoms with Gasteiger partial charge in [-0.25, -0.2) is 4.68 Å². The van der Waals surface area contributed by atoms with E-state index in [1.165, 1.54) is 15.9 Å². The largest absolute Gasteiger partial charge is 0.379 e. The second-order valence-corrected chi connectivity index (χ2v) is 6.22. The van der Waals surface area contributed by atoms with Crippen LogP contribution in [0.1, 0.15) is 5.56 Å². The Morgan fingerprint density at radius 1 is 1.12 bits per heavy atom. The van der Waals surface area contributed by atoms with E-state index in [-0.39, 0.29) is 5.56 Å². The first-order valence-electron chi connectivity index (χ1n) is 8.44. The van der Waals surface area contributed by atoms with Crippen LogP contribution in [-0.2, 0) is 7.05 Å². The first kappa shape index (κ1) is 16.5. The molecule has 0 saturated carbocycles. The summed E-state index contributed by atoms with van der Waals surface area (Å²) in [6, 6.07) is 10.3. The summed E-state index contributed by atoms with van der Waals surface area (Å²) < 4.78 is 1.35. The molecule has 0 unspecified atom stereocenters. The molecule has 1 aliphatic heterocycles. The van der Waals surface area contributed by atoms with Gasteiger partial charge in [0.2, 0.25) is 0 Å². The molecule has 0 radical (unpaired) electrons. The number of aromatic nitrogens is 2. The van der Waals surface area contributed by atoms with Crippen LogP contribution in [0.4, 0.5) is 11.4 Å². The minimum Gasteiger partial charge on any atom is -0.379 e. The molecule has 1 aromatic heterocycles. The van der Waals surface area contributed by atoms with E-state index in [2.05, 4.69) is 51.4 Å². The molecule has 0 atom stereocenters. The van der Waals surface area contributed by atoms with Crippen molar-refractivity contribution in [3.8, 4) is 0 Å². The van der Waals surface area contributed by atoms with Crippen molar-refractivity contribution in [3.05, 3.63) is 52.4 Å². The Hall–Kier alpha value is -2.34. The van der Waals surface area contributed by atoms with Gasteiger partial charge in [-0.3, -0.25) is 9.69 Å². The number of anilines is 2. The van der Waals surface area contributed by atoms with Crippen molar-refractivity contribution in [2.24, 2.45) is 7.05 Å². The third kappa shape index (κ3) is 3.76. The zero-order valence-corrected chi connectivity index (χ0v) is 14.4. The summed E-state index contributed by atoms with van der Waals surface area (Å²) in [6.07, 6.45) is 1.64. The van der Waals surface area contributed by atoms with Crippen LogP contribution < -0.4 is 15.8 Å². The Balaban J connectivity index is 1.47. The maximum absolute atomic E-state index is 11.9. The fourth-order valence-electron chi connectivity index (χ4n) is 3.12. The quantitative estimate of drug-likeness (QED) is 0.898. The Kier molecular flexibility index (Phi) is 5.15. The number of aryl methyl sites for hydroxylation is 2. The standard InChI is InChI=1S/C18H25N5O/c1-15-5-3-4-6-17(15)23-13-11-22(12-14-23)10-9-19-16-7-8-20-21(2)18(16)24/h3-8,19H,9-14H2,1-2H3. The van der Waals surface area contributed by atoms with Crippen LogP contribution >= 0.6 is 0 Å². The summed E-state index contributed by atoms with van der Waals surface area (Å²) in [4.78, 5) is 16.8. The highest BCUT2D eigenvalue weighted by Crippen LogP contribution is 2.20. The predicted octanol–water partition coefficient (Wildman–Crippen LogP) is 1.32. The van der Waals surface area contributed by atoms with Crippen molar-refractivity contribution in [1.82, 2.24) is 14.7 Å². The summed E-state index contributed by atoms with van der Waals surface area (Å²) in [6.45, 7) is 8.05. The van der Waals surface area contributed by atoms with E-state index in [4.69, 9.17) is 0 Å². The molecule has 128 valence electrons. The fourth-order valence-corrected chi connectivity index (χ4v) is 3.12. The van der Waals surface area contributed by atoms with Crippen LogP contribution in [-0.4, -0.2) is 53.9 Å². The number of hydrogen-bond donors (Lipinski definition) is 1. The van der Waals surface area contributed by atoms with Crippen LogP contribution in [0.2, 0.25) is 0 Å². The highest BCUT2D eigenvalue weighted by atomic mass is 16.1. The molecule has 1 N–H and O–H groups in total. The number of nitrogens with zero attached hydrogens (tertiary/aromatic N) is 4. The maximum Gasteiger partial charge on any atom is 0.289 e. The van der Waals surface area contributed by atoms with Crippen LogP contribution in [0.25, 0.3) is 0 Å². The second-order valence-electron chi connectivity index (χ2n) is 6.22. The Morgan fingerprint density at radius 3 is 2.62 bits per heavy atom. The maximum atomic E-state index is 11.9. The molecule has 2 aromatic rings. The molecular weight excluding hydrogens is 302 g/mol. The topological polar surface area (TPSA) is 53.4 Å². The van der Waals surface area contributed by atoms with Crippen molar-refractivity contribution >= 4 is 11.4 Å². The van der Waals surface area contributed by atoms with Gasteiger partial charge in [-0.1, -0.05) is 18.2 Å². The molecule has 6 heteroatoms. The van der Waals surface area contributed by atoms with E-state index in [1.807, 2.05) is 0 Å². The average Bonchev–Trinajstić information content (AvgIpc) is 2.60. The summed E-state index contributed by atoms with van der Waals surface area (Å²) in [5, 5.41) is 7.15. The van der Waals surface area contributed by atoms with Gasteiger partial charge >= 0.3 is 0 Å². The van der Waals surface area contributed by atoms with E-state index in [0.717, 1.165) is 39.3 Å². The lowest BCUT2D eigenvalue weighted by molar-refractivity contribution is 0.267. The molecule has 0 aliphatic carbocycles. The lowest BCUT2D eigenvalue weighted by atomic mass is 10.1. The Bertz CT molecular complexity index is 734. The second kappa shape index (κ2) is 7.49. The lowest BCUT2D eigenvalue weighted by Gasteiger charge is -2.36. The molecule has 1 aliphatic rings. The van der Waals surface area contributed by atoms with Crippen molar-refractivity contribution in [3.63, 3.8) is 0 Å². The van der Waals surface area contributed by atoms with Gasteiger partial charge in [0.15, 0.2) is 0 Å². The number of hydrogen-bond acceptors (Lipinski definition) is 5. The van der Waals surface area contributed by atoms with Gasteiger partial charge in [-0.05, 0) is 24.6 Å². The predicted molar refractivity (Wildman–Crippen MR) is 97.8 cm³/mol. The normalized spacial score (nSPS) is 15.5. The van der Waals surface area contributed by atoms with Gasteiger partial charge in [0.1, 0.15) is 5.69 Å². The van der Waals surface area contributed by atoms with Crippen molar-refractivity contribution in [2.75, 3.05) is 49.5 Å². The van der Waals surface area contributed by atoms with Gasteiger partial charge < -0.3 is 10.2 Å². The van der Waals surface area contributed by atoms with Crippen LogP contribution in [0.3, 0.4) is 0 Å². The van der Waals surface area contributed by atoms with Gasteiger partial charge in [-0.2, -0.15) is 5.10 Å². The fraction of sp³-hybridized carbons (Fsp3) is 0.444. The minimum absolute atomic E-state index is 0.0816. The van der Waals surface area contributed by atoms with E-state index < -0.39 is 0 Å². The Morgan fingerprint density at radius 2 is 1.88 bits per heavy atom. The number of para-hydroxylation sites is 1. The minimum atomic E-state index is -0.0816. The van der Waals surface area contributed by atoms with E-state index >= 15 is 0 Å². The molecule has 1 saturated heterocycles. The highest BCUT2D eigenvalue weighted by Gasteiger charge is 2.17. The van der Waals surface area contributed by atoms with Gasteiger partial charge in [0.25, 0.3) is 5.56 Å². The van der Waals surface area contributed by atoms with Crippen LogP contribution in [0.5, 0.6) is 0 Å². The molecular formula is C18H25N5O. The summed E-state index contributed by atoms with van der Waals surface area (Å²) in [7, 11) is 1.66. The molecule has 1 aromatic carbocycles. The number of nitrogens with one attached hydrogen (secondary N) is 1. The van der Waals surface area contributed by atoms with E-state index in [9.17, 15) is 4.79 Å². The molecule has 0 spiro atoms. The van der Waals surface area contributed by atoms with Crippen molar-refractivity contribution in [2.45, 2.75) is 6.92 Å². The Labute approximate surface area is 142 Å². The SMILES string of the molecule is Cc1ccccc1N1CCN(CCNc2ccnn(C)c2=O)CC1. The monoisotopic (exact) mass is 327 g/mol. The smallest absolute Gasteiger partial charge is 0.289 e. The van der Waals surface area contributed by atoms with Crippen molar-refractivity contribution < 1.29 is 0 Å². The van der Waals surface area contributed by atoms with E-state index in [1.54, 1.807) is 19.3 Å². The van der Waals surface area contributed by atoms with Gasteiger partial charge in [0.05, 0.1) is 0 Å².